The van der Waals surface area contributed by atoms with Crippen molar-refractivity contribution in [2.45, 2.75) is 188 Å². The monoisotopic (exact) mass is 612 g/mol. The summed E-state index contributed by atoms with van der Waals surface area (Å²) in [4.78, 5) is 38.0. The summed E-state index contributed by atoms with van der Waals surface area (Å²) in [6.45, 7) is 8.32. The van der Waals surface area contributed by atoms with Gasteiger partial charge in [-0.05, 0) is 61.9 Å². The second kappa shape index (κ2) is 16.8. The van der Waals surface area contributed by atoms with E-state index in [1.54, 1.807) is 0 Å². The summed E-state index contributed by atoms with van der Waals surface area (Å²) < 4.78 is 12.0. The maximum Gasteiger partial charge on any atom is 0.306 e. The van der Waals surface area contributed by atoms with E-state index in [2.05, 4.69) is 26.8 Å². The molecule has 0 aromatic rings. The van der Waals surface area contributed by atoms with Gasteiger partial charge in [-0.1, -0.05) is 116 Å². The predicted octanol–water partition coefficient (Wildman–Crippen LogP) is 10.2. The lowest BCUT2D eigenvalue weighted by atomic mass is 9.47. The minimum absolute atomic E-state index is 0.0193. The van der Waals surface area contributed by atoms with Crippen LogP contribution in [0.2, 0.25) is 0 Å². The molecule has 0 aromatic carbocycles. The Morgan fingerprint density at radius 2 is 1.30 bits per heavy atom. The molecular weight excluding hydrogens is 548 g/mol. The van der Waals surface area contributed by atoms with Crippen LogP contribution in [0.5, 0.6) is 0 Å². The van der Waals surface area contributed by atoms with Crippen molar-refractivity contribution in [1.29, 1.82) is 0 Å². The van der Waals surface area contributed by atoms with Crippen LogP contribution >= 0.6 is 0 Å². The van der Waals surface area contributed by atoms with Crippen LogP contribution in [-0.2, 0) is 23.9 Å². The average Bonchev–Trinajstić information content (AvgIpc) is 3.29. The standard InChI is InChI=1S/C39H64O5/c1-5-6-7-8-9-10-11-12-13-14-15-16-17-18-19-20-36(42)44-34-28-30-27-31(43-29(2)40)23-25-38(30,3)33-24-26-39(4)32(37(33)34)21-22-35(39)41/h28,31-34,37H,5-27H2,1-4H3/t31-,32?,33?,34+,37?,38-,39-/m0/s1. The quantitative estimate of drug-likeness (QED) is 0.0875. The fourth-order valence-corrected chi connectivity index (χ4v) is 9.66. The number of unbranched alkanes of at least 4 members (excludes halogenated alkanes) is 14. The van der Waals surface area contributed by atoms with E-state index in [4.69, 9.17) is 9.47 Å². The number of carbonyl (C=O) groups is 3. The number of rotatable bonds is 18. The van der Waals surface area contributed by atoms with Crippen LogP contribution in [0.25, 0.3) is 0 Å². The Labute approximate surface area is 269 Å². The third-order valence-corrected chi connectivity index (χ3v) is 12.4. The first-order valence-electron chi connectivity index (χ1n) is 18.8. The van der Waals surface area contributed by atoms with Gasteiger partial charge in [0.15, 0.2) is 0 Å². The van der Waals surface area contributed by atoms with Crippen LogP contribution in [0, 0.1) is 28.6 Å². The van der Waals surface area contributed by atoms with E-state index in [9.17, 15) is 14.4 Å². The van der Waals surface area contributed by atoms with E-state index in [1.165, 1.54) is 96.0 Å². The number of hydrogen-bond acceptors (Lipinski definition) is 5. The SMILES string of the molecule is CCCCCCCCCCCCCCCCCC(=O)O[C@@H]1C=C2C[C@@H](OC(C)=O)CC[C@]2(C)C2CC[C@]3(C)C(=O)CCC3C21. The van der Waals surface area contributed by atoms with Crippen molar-refractivity contribution in [2.75, 3.05) is 0 Å². The molecule has 0 radical (unpaired) electrons. The fourth-order valence-electron chi connectivity index (χ4n) is 9.66. The summed E-state index contributed by atoms with van der Waals surface area (Å²) in [7, 11) is 0. The second-order valence-corrected chi connectivity index (χ2v) is 15.4. The van der Waals surface area contributed by atoms with Gasteiger partial charge < -0.3 is 9.47 Å². The van der Waals surface area contributed by atoms with Gasteiger partial charge in [0.05, 0.1) is 0 Å². The number of ketones is 1. The van der Waals surface area contributed by atoms with Crippen molar-refractivity contribution < 1.29 is 23.9 Å². The van der Waals surface area contributed by atoms with Crippen molar-refractivity contribution in [2.24, 2.45) is 28.6 Å². The zero-order valence-corrected chi connectivity index (χ0v) is 28.8. The Kier molecular flexibility index (Phi) is 13.4. The lowest BCUT2D eigenvalue weighted by Crippen LogP contribution is -2.55. The molecule has 250 valence electrons. The molecule has 0 heterocycles. The molecule has 3 unspecified atom stereocenters. The van der Waals surface area contributed by atoms with Crippen molar-refractivity contribution in [3.8, 4) is 0 Å². The molecule has 0 aliphatic heterocycles. The molecule has 0 saturated heterocycles. The first-order chi connectivity index (χ1) is 21.2. The molecule has 0 bridgehead atoms. The number of esters is 2. The molecule has 4 aliphatic carbocycles. The molecule has 0 N–H and O–H groups in total. The number of carbonyl (C=O) groups excluding carboxylic acids is 3. The van der Waals surface area contributed by atoms with Crippen LogP contribution in [0.15, 0.2) is 11.6 Å². The summed E-state index contributed by atoms with van der Waals surface area (Å²) in [5.74, 6) is 0.961. The molecule has 0 aromatic heterocycles. The highest BCUT2D eigenvalue weighted by atomic mass is 16.5. The van der Waals surface area contributed by atoms with Gasteiger partial charge in [0.2, 0.25) is 0 Å². The largest absolute Gasteiger partial charge is 0.462 e. The van der Waals surface area contributed by atoms with Crippen molar-refractivity contribution >= 4 is 17.7 Å². The summed E-state index contributed by atoms with van der Waals surface area (Å²) in [6.07, 6.45) is 28.0. The number of fused-ring (bicyclic) bond motifs is 5. The van der Waals surface area contributed by atoms with Gasteiger partial charge in [0.25, 0.3) is 0 Å². The highest BCUT2D eigenvalue weighted by Gasteiger charge is 2.61. The third kappa shape index (κ3) is 8.78. The Hall–Kier alpha value is -1.65. The van der Waals surface area contributed by atoms with E-state index < -0.39 is 0 Å². The Balaban J connectivity index is 1.22. The van der Waals surface area contributed by atoms with Gasteiger partial charge >= 0.3 is 11.9 Å². The predicted molar refractivity (Wildman–Crippen MR) is 177 cm³/mol. The first kappa shape index (κ1) is 35.2. The Morgan fingerprint density at radius 3 is 1.89 bits per heavy atom. The van der Waals surface area contributed by atoms with Gasteiger partial charge in [0.1, 0.15) is 18.0 Å². The molecule has 0 amide bonds. The lowest BCUT2D eigenvalue weighted by Gasteiger charge is -2.58. The van der Waals surface area contributed by atoms with E-state index in [0.717, 1.165) is 51.4 Å². The van der Waals surface area contributed by atoms with Gasteiger partial charge in [-0.25, -0.2) is 0 Å². The second-order valence-electron chi connectivity index (χ2n) is 15.4. The third-order valence-electron chi connectivity index (χ3n) is 12.4. The number of hydrogen-bond donors (Lipinski definition) is 0. The van der Waals surface area contributed by atoms with Gasteiger partial charge in [-0.15, -0.1) is 0 Å². The van der Waals surface area contributed by atoms with E-state index in [0.29, 0.717) is 24.5 Å². The zero-order valence-electron chi connectivity index (χ0n) is 28.8. The average molecular weight is 613 g/mol. The highest BCUT2D eigenvalue weighted by Crippen LogP contribution is 2.64. The molecule has 5 nitrogen and oxygen atoms in total. The van der Waals surface area contributed by atoms with Crippen molar-refractivity contribution in [3.05, 3.63) is 11.6 Å². The molecule has 5 heteroatoms. The maximum absolute atomic E-state index is 13.2. The zero-order chi connectivity index (χ0) is 31.6. The summed E-state index contributed by atoms with van der Waals surface area (Å²) in [6, 6.07) is 0. The topological polar surface area (TPSA) is 69.7 Å². The molecule has 44 heavy (non-hydrogen) atoms. The maximum atomic E-state index is 13.2. The van der Waals surface area contributed by atoms with Crippen LogP contribution in [0.1, 0.15) is 175 Å². The van der Waals surface area contributed by atoms with Crippen LogP contribution in [0.4, 0.5) is 0 Å². The normalized spacial score (nSPS) is 32.8. The van der Waals surface area contributed by atoms with Crippen molar-refractivity contribution in [3.63, 3.8) is 0 Å². The highest BCUT2D eigenvalue weighted by molar-refractivity contribution is 5.87. The van der Waals surface area contributed by atoms with Crippen LogP contribution in [-0.4, -0.2) is 29.9 Å². The molecule has 4 aliphatic rings. The van der Waals surface area contributed by atoms with E-state index in [1.807, 2.05) is 0 Å². The summed E-state index contributed by atoms with van der Waals surface area (Å²) >= 11 is 0. The molecule has 7 atom stereocenters. The summed E-state index contributed by atoms with van der Waals surface area (Å²) in [5.41, 5.74) is 1.04. The van der Waals surface area contributed by atoms with Gasteiger partial charge in [0, 0.05) is 37.5 Å². The van der Waals surface area contributed by atoms with Crippen LogP contribution < -0.4 is 0 Å². The molecular formula is C39H64O5. The lowest BCUT2D eigenvalue weighted by molar-refractivity contribution is -0.161. The Bertz CT molecular complexity index is 985. The smallest absolute Gasteiger partial charge is 0.306 e. The summed E-state index contributed by atoms with van der Waals surface area (Å²) in [5, 5.41) is 0. The minimum Gasteiger partial charge on any atom is -0.462 e. The molecule has 0 spiro atoms. The van der Waals surface area contributed by atoms with Crippen molar-refractivity contribution in [1.82, 2.24) is 0 Å². The van der Waals surface area contributed by atoms with E-state index >= 15 is 0 Å². The number of Topliss-reactive ketones (excluding diaryl/α,β-unsaturated/α-hetero) is 1. The molecule has 3 fully saturated rings. The van der Waals surface area contributed by atoms with E-state index in [-0.39, 0.29) is 46.8 Å². The van der Waals surface area contributed by atoms with Gasteiger partial charge in [-0.3, -0.25) is 14.4 Å². The minimum atomic E-state index is -0.281. The Morgan fingerprint density at radius 1 is 0.750 bits per heavy atom. The van der Waals surface area contributed by atoms with Gasteiger partial charge in [-0.2, -0.15) is 0 Å². The number of ether oxygens (including phenoxy) is 2. The fraction of sp³-hybridized carbons (Fsp3) is 0.872. The first-order valence-corrected chi connectivity index (χ1v) is 18.8. The van der Waals surface area contributed by atoms with Crippen LogP contribution in [0.3, 0.4) is 0 Å². The molecule has 4 rings (SSSR count). The molecule has 3 saturated carbocycles.